The molecule has 6 heteroatoms. The standard InChI is InChI=1S/C15H22N2O2S2/c16-15(20)13-9-3-4-10-14(13)21(18,19)17-11-5-8-12-6-1-2-7-12/h3-4,9-10,12,17H,1-2,5-8,11H2,(H2,16,20). The van der Waals surface area contributed by atoms with Gasteiger partial charge in [-0.2, -0.15) is 0 Å². The molecule has 0 atom stereocenters. The van der Waals surface area contributed by atoms with Gasteiger partial charge >= 0.3 is 0 Å². The minimum absolute atomic E-state index is 0.0990. The Balaban J connectivity index is 1.93. The summed E-state index contributed by atoms with van der Waals surface area (Å²) in [6.07, 6.45) is 7.18. The van der Waals surface area contributed by atoms with Crippen LogP contribution in [-0.2, 0) is 10.0 Å². The van der Waals surface area contributed by atoms with E-state index in [0.717, 1.165) is 18.8 Å². The number of hydrogen-bond acceptors (Lipinski definition) is 3. The molecule has 116 valence electrons. The molecule has 3 N–H and O–H groups in total. The fourth-order valence-corrected chi connectivity index (χ4v) is 4.42. The van der Waals surface area contributed by atoms with Crippen molar-refractivity contribution in [1.82, 2.24) is 4.72 Å². The third-order valence-corrected chi connectivity index (χ3v) is 5.74. The van der Waals surface area contributed by atoms with E-state index in [1.807, 2.05) is 0 Å². The smallest absolute Gasteiger partial charge is 0.241 e. The Bertz CT molecular complexity index is 593. The van der Waals surface area contributed by atoms with Crippen molar-refractivity contribution in [3.8, 4) is 0 Å². The van der Waals surface area contributed by atoms with Crippen LogP contribution in [0, 0.1) is 5.92 Å². The van der Waals surface area contributed by atoms with Crippen LogP contribution in [0.15, 0.2) is 29.2 Å². The summed E-state index contributed by atoms with van der Waals surface area (Å²) in [6.45, 7) is 0.463. The molecule has 0 aliphatic heterocycles. The normalized spacial score (nSPS) is 16.2. The summed E-state index contributed by atoms with van der Waals surface area (Å²) in [5, 5.41) is 0. The van der Waals surface area contributed by atoms with Gasteiger partial charge < -0.3 is 5.73 Å². The summed E-state index contributed by atoms with van der Waals surface area (Å²) in [5.41, 5.74) is 5.99. The lowest BCUT2D eigenvalue weighted by molar-refractivity contribution is 0.480. The first-order valence-corrected chi connectivity index (χ1v) is 9.28. The average molecular weight is 326 g/mol. The van der Waals surface area contributed by atoms with Crippen LogP contribution < -0.4 is 10.5 Å². The predicted molar refractivity (Wildman–Crippen MR) is 88.7 cm³/mol. The molecule has 2 rings (SSSR count). The van der Waals surface area contributed by atoms with Gasteiger partial charge in [0, 0.05) is 12.1 Å². The van der Waals surface area contributed by atoms with Crippen LogP contribution in [0.1, 0.15) is 44.1 Å². The van der Waals surface area contributed by atoms with E-state index in [1.165, 1.54) is 31.7 Å². The van der Waals surface area contributed by atoms with Gasteiger partial charge in [-0.15, -0.1) is 0 Å². The molecule has 0 amide bonds. The second kappa shape index (κ2) is 7.33. The third kappa shape index (κ3) is 4.49. The minimum Gasteiger partial charge on any atom is -0.389 e. The topological polar surface area (TPSA) is 72.2 Å². The SMILES string of the molecule is NC(=S)c1ccccc1S(=O)(=O)NCCCC1CCCC1. The maximum absolute atomic E-state index is 12.3. The van der Waals surface area contributed by atoms with Gasteiger partial charge in [0.15, 0.2) is 0 Å². The summed E-state index contributed by atoms with van der Waals surface area (Å²) < 4.78 is 27.3. The quantitative estimate of drug-likeness (QED) is 0.597. The lowest BCUT2D eigenvalue weighted by atomic mass is 10.0. The molecule has 1 aromatic rings. The summed E-state index contributed by atoms with van der Waals surface area (Å²) >= 11 is 4.91. The van der Waals surface area contributed by atoms with Crippen LogP contribution in [0.5, 0.6) is 0 Å². The highest BCUT2D eigenvalue weighted by molar-refractivity contribution is 7.89. The summed E-state index contributed by atoms with van der Waals surface area (Å²) in [7, 11) is -3.55. The zero-order chi connectivity index (χ0) is 15.3. The number of nitrogens with one attached hydrogen (secondary N) is 1. The number of thiocarbonyl (C=S) groups is 1. The van der Waals surface area contributed by atoms with Gasteiger partial charge in [-0.05, 0) is 24.8 Å². The molecule has 0 aromatic heterocycles. The lowest BCUT2D eigenvalue weighted by Crippen LogP contribution is -2.27. The maximum Gasteiger partial charge on any atom is 0.241 e. The van der Waals surface area contributed by atoms with E-state index in [1.54, 1.807) is 18.2 Å². The Morgan fingerprint density at radius 2 is 1.95 bits per heavy atom. The first-order valence-electron chi connectivity index (χ1n) is 7.39. The molecule has 1 aliphatic carbocycles. The van der Waals surface area contributed by atoms with Crippen molar-refractivity contribution >= 4 is 27.2 Å². The summed E-state index contributed by atoms with van der Waals surface area (Å²) in [5.74, 6) is 0.776. The molecule has 0 heterocycles. The zero-order valence-electron chi connectivity index (χ0n) is 12.0. The fraction of sp³-hybridized carbons (Fsp3) is 0.533. The zero-order valence-corrected chi connectivity index (χ0v) is 13.7. The molecule has 0 spiro atoms. The van der Waals surface area contributed by atoms with Crippen molar-refractivity contribution in [2.45, 2.75) is 43.4 Å². The Kier molecular flexibility index (Phi) is 5.72. The van der Waals surface area contributed by atoms with E-state index < -0.39 is 10.0 Å². The minimum atomic E-state index is -3.55. The van der Waals surface area contributed by atoms with Crippen LogP contribution >= 0.6 is 12.2 Å². The number of sulfonamides is 1. The van der Waals surface area contributed by atoms with Crippen molar-refractivity contribution < 1.29 is 8.42 Å². The molecule has 1 aromatic carbocycles. The molecule has 0 radical (unpaired) electrons. The molecular formula is C15H22N2O2S2. The fourth-order valence-electron chi connectivity index (χ4n) is 2.88. The van der Waals surface area contributed by atoms with Gasteiger partial charge in [-0.3, -0.25) is 0 Å². The predicted octanol–water partition coefficient (Wildman–Crippen LogP) is 2.57. The monoisotopic (exact) mass is 326 g/mol. The van der Waals surface area contributed by atoms with Gasteiger partial charge in [0.2, 0.25) is 10.0 Å². The van der Waals surface area contributed by atoms with Crippen molar-refractivity contribution in [2.24, 2.45) is 11.7 Å². The summed E-state index contributed by atoms with van der Waals surface area (Å²) in [4.78, 5) is 0.264. The maximum atomic E-state index is 12.3. The van der Waals surface area contributed by atoms with Crippen LogP contribution in [0.25, 0.3) is 0 Å². The first kappa shape index (κ1) is 16.4. The van der Waals surface area contributed by atoms with Crippen molar-refractivity contribution in [1.29, 1.82) is 0 Å². The number of rotatable bonds is 7. The molecular weight excluding hydrogens is 304 g/mol. The largest absolute Gasteiger partial charge is 0.389 e. The van der Waals surface area contributed by atoms with Gasteiger partial charge in [-0.25, -0.2) is 13.1 Å². The highest BCUT2D eigenvalue weighted by atomic mass is 32.2. The summed E-state index contributed by atoms with van der Waals surface area (Å²) in [6, 6.07) is 6.58. The highest BCUT2D eigenvalue weighted by Gasteiger charge is 2.19. The van der Waals surface area contributed by atoms with Crippen molar-refractivity contribution in [3.63, 3.8) is 0 Å². The third-order valence-electron chi connectivity index (χ3n) is 4.00. The van der Waals surface area contributed by atoms with Gasteiger partial charge in [0.25, 0.3) is 0 Å². The van der Waals surface area contributed by atoms with E-state index in [-0.39, 0.29) is 9.88 Å². The highest BCUT2D eigenvalue weighted by Crippen LogP contribution is 2.28. The average Bonchev–Trinajstić information content (AvgIpc) is 2.97. The van der Waals surface area contributed by atoms with E-state index >= 15 is 0 Å². The number of benzene rings is 1. The van der Waals surface area contributed by atoms with Crippen molar-refractivity contribution in [3.05, 3.63) is 29.8 Å². The van der Waals surface area contributed by atoms with Gasteiger partial charge in [0.1, 0.15) is 4.99 Å². The first-order chi connectivity index (χ1) is 10.0. The Hall–Kier alpha value is -0.980. The van der Waals surface area contributed by atoms with Crippen LogP contribution in [0.3, 0.4) is 0 Å². The van der Waals surface area contributed by atoms with Crippen LogP contribution in [0.4, 0.5) is 0 Å². The van der Waals surface area contributed by atoms with Gasteiger partial charge in [-0.1, -0.05) is 56.1 Å². The second-order valence-electron chi connectivity index (χ2n) is 5.55. The molecule has 0 bridgehead atoms. The molecule has 1 aliphatic rings. The molecule has 21 heavy (non-hydrogen) atoms. The molecule has 1 saturated carbocycles. The Morgan fingerprint density at radius 3 is 2.62 bits per heavy atom. The molecule has 0 saturated heterocycles. The second-order valence-corrected chi connectivity index (χ2v) is 7.73. The van der Waals surface area contributed by atoms with E-state index in [2.05, 4.69) is 4.72 Å². The van der Waals surface area contributed by atoms with Gasteiger partial charge in [0.05, 0.1) is 4.90 Å². The van der Waals surface area contributed by atoms with Crippen LogP contribution in [-0.4, -0.2) is 20.0 Å². The Morgan fingerprint density at radius 1 is 1.29 bits per heavy atom. The van der Waals surface area contributed by atoms with Crippen molar-refractivity contribution in [2.75, 3.05) is 6.54 Å². The van der Waals surface area contributed by atoms with E-state index in [0.29, 0.717) is 12.1 Å². The molecule has 0 unspecified atom stereocenters. The Labute approximate surface area is 132 Å². The molecule has 1 fully saturated rings. The number of nitrogens with two attached hydrogens (primary N) is 1. The molecule has 4 nitrogen and oxygen atoms in total. The van der Waals surface area contributed by atoms with E-state index in [9.17, 15) is 8.42 Å². The van der Waals surface area contributed by atoms with E-state index in [4.69, 9.17) is 18.0 Å². The lowest BCUT2D eigenvalue weighted by Gasteiger charge is -2.12. The number of hydrogen-bond donors (Lipinski definition) is 2. The van der Waals surface area contributed by atoms with Crippen LogP contribution in [0.2, 0.25) is 0 Å².